The molecule has 0 saturated heterocycles. The van der Waals surface area contributed by atoms with Crippen LogP contribution in [0.25, 0.3) is 132 Å². The maximum Gasteiger partial charge on any atom is 0.143 e. The van der Waals surface area contributed by atoms with Crippen molar-refractivity contribution < 1.29 is 8.83 Å². The highest BCUT2D eigenvalue weighted by atomic mass is 16.3. The van der Waals surface area contributed by atoms with Crippen LogP contribution in [-0.4, -0.2) is 8.97 Å². The van der Waals surface area contributed by atoms with Crippen molar-refractivity contribution in [2.75, 3.05) is 0 Å². The number of hydrogen-bond acceptors (Lipinski definition) is 2. The van der Waals surface area contributed by atoms with E-state index in [0.29, 0.717) is 0 Å². The number of nitrogens with zero attached hydrogens (tertiary/aromatic N) is 2. The highest BCUT2D eigenvalue weighted by Gasteiger charge is 2.29. The normalized spacial score (nSPS) is 13.0. The summed E-state index contributed by atoms with van der Waals surface area (Å²) in [5.41, 5.74) is 18.5. The van der Waals surface area contributed by atoms with Crippen LogP contribution in [0.1, 0.15) is 11.1 Å². The summed E-state index contributed by atoms with van der Waals surface area (Å²) in [4.78, 5) is 0. The van der Waals surface area contributed by atoms with Crippen LogP contribution in [0.4, 0.5) is 0 Å². The van der Waals surface area contributed by atoms with E-state index in [1.54, 1.807) is 0 Å². The first-order chi connectivity index (χ1) is 29.3. The standard InChI is InChI=1S/C55H30N2O2/c1-5-19-44-41(13-1)50-34(39-17-9-15-37-32-11-3-7-21-48(32)58-54(37)39)24-23-30-27-31-28-47-43(29-46(31)56(44)52(30)50)36-26-25-35(51-42-14-2-6-20-45(42)57(47)53(36)51)40-18-10-16-38-33-12-4-8-22-49(33)59-55(38)40/h1-26,28-29H,27H2. The molecule has 0 radical (unpaired) electrons. The number of aromatic nitrogens is 2. The minimum absolute atomic E-state index is 0.850. The van der Waals surface area contributed by atoms with Crippen LogP contribution in [0.15, 0.2) is 179 Å². The molecule has 1 aliphatic heterocycles. The number of para-hydroxylation sites is 6. The van der Waals surface area contributed by atoms with Crippen LogP contribution in [0, 0.1) is 0 Å². The van der Waals surface area contributed by atoms with Gasteiger partial charge < -0.3 is 17.8 Å². The summed E-state index contributed by atoms with van der Waals surface area (Å²) in [6.45, 7) is 0. The molecular formula is C55H30N2O2. The molecule has 1 aliphatic rings. The van der Waals surface area contributed by atoms with E-state index in [1.165, 1.54) is 87.8 Å². The van der Waals surface area contributed by atoms with Crippen LogP contribution in [-0.2, 0) is 6.42 Å². The SMILES string of the molecule is c1ccc2c(c1)oc1c(-c3ccc4c5c3c3ccccc3n5-c3cc5c6ccc(-c7cccc8c7oc7ccccc78)c7c8ccccc8n(c5cc3C4)c67)cccc12. The van der Waals surface area contributed by atoms with Gasteiger partial charge in [-0.05, 0) is 58.7 Å². The maximum atomic E-state index is 6.62. The van der Waals surface area contributed by atoms with Gasteiger partial charge in [-0.2, -0.15) is 0 Å². The Morgan fingerprint density at radius 3 is 1.61 bits per heavy atom. The zero-order chi connectivity index (χ0) is 38.1. The van der Waals surface area contributed by atoms with Crippen LogP contribution in [0.3, 0.4) is 0 Å². The number of rotatable bonds is 2. The zero-order valence-corrected chi connectivity index (χ0v) is 31.6. The van der Waals surface area contributed by atoms with Gasteiger partial charge in [-0.1, -0.05) is 133 Å². The highest BCUT2D eigenvalue weighted by molar-refractivity contribution is 6.29. The number of fused-ring (bicyclic) bond motifs is 17. The van der Waals surface area contributed by atoms with Crippen molar-refractivity contribution in [2.24, 2.45) is 0 Å². The zero-order valence-electron chi connectivity index (χ0n) is 31.6. The first-order valence-electron chi connectivity index (χ1n) is 20.4. The van der Waals surface area contributed by atoms with Gasteiger partial charge in [0.15, 0.2) is 0 Å². The molecule has 4 nitrogen and oxygen atoms in total. The van der Waals surface area contributed by atoms with E-state index in [-0.39, 0.29) is 0 Å². The number of furan rings is 2. The van der Waals surface area contributed by atoms with Gasteiger partial charge in [-0.3, -0.25) is 0 Å². The molecule has 0 bridgehead atoms. The smallest absolute Gasteiger partial charge is 0.143 e. The largest absolute Gasteiger partial charge is 0.455 e. The molecule has 5 aromatic heterocycles. The second-order valence-corrected chi connectivity index (χ2v) is 16.3. The molecule has 0 atom stereocenters. The molecule has 59 heavy (non-hydrogen) atoms. The highest BCUT2D eigenvalue weighted by Crippen LogP contribution is 2.50. The van der Waals surface area contributed by atoms with Crippen molar-refractivity contribution in [3.8, 4) is 27.9 Å². The van der Waals surface area contributed by atoms with Crippen LogP contribution < -0.4 is 0 Å². The Balaban J connectivity index is 1.02. The maximum absolute atomic E-state index is 6.62. The minimum Gasteiger partial charge on any atom is -0.455 e. The van der Waals surface area contributed by atoms with Crippen molar-refractivity contribution in [3.63, 3.8) is 0 Å². The lowest BCUT2D eigenvalue weighted by molar-refractivity contribution is 0.669. The summed E-state index contributed by atoms with van der Waals surface area (Å²) in [7, 11) is 0. The van der Waals surface area contributed by atoms with Gasteiger partial charge in [0.05, 0.1) is 33.3 Å². The number of hydrogen-bond donors (Lipinski definition) is 0. The Kier molecular flexibility index (Phi) is 5.43. The first kappa shape index (κ1) is 30.3. The van der Waals surface area contributed by atoms with Gasteiger partial charge in [-0.15, -0.1) is 0 Å². The number of benzene rings is 9. The molecule has 4 heteroatoms. The van der Waals surface area contributed by atoms with E-state index in [4.69, 9.17) is 8.83 Å². The van der Waals surface area contributed by atoms with Gasteiger partial charge in [-0.25, -0.2) is 0 Å². The lowest BCUT2D eigenvalue weighted by atomic mass is 9.91. The Bertz CT molecular complexity index is 4170. The van der Waals surface area contributed by atoms with E-state index < -0.39 is 0 Å². The van der Waals surface area contributed by atoms with Crippen LogP contribution in [0.2, 0.25) is 0 Å². The summed E-state index contributed by atoms with van der Waals surface area (Å²) >= 11 is 0. The molecule has 9 aromatic carbocycles. The molecule has 0 fully saturated rings. The summed E-state index contributed by atoms with van der Waals surface area (Å²) in [5, 5.41) is 12.2. The van der Waals surface area contributed by atoms with E-state index in [9.17, 15) is 0 Å². The fourth-order valence-electron chi connectivity index (χ4n) is 11.1. The fourth-order valence-corrected chi connectivity index (χ4v) is 11.1. The van der Waals surface area contributed by atoms with E-state index in [2.05, 4.69) is 167 Å². The van der Waals surface area contributed by atoms with Crippen molar-refractivity contribution >= 4 is 104 Å². The van der Waals surface area contributed by atoms with Crippen molar-refractivity contribution in [1.29, 1.82) is 0 Å². The molecule has 0 unspecified atom stereocenters. The molecule has 0 N–H and O–H groups in total. The van der Waals surface area contributed by atoms with E-state index in [1.807, 2.05) is 12.1 Å². The summed E-state index contributed by atoms with van der Waals surface area (Å²) in [6, 6.07) is 62.0. The molecular weight excluding hydrogens is 721 g/mol. The third kappa shape index (κ3) is 3.67. The second-order valence-electron chi connectivity index (χ2n) is 16.3. The van der Waals surface area contributed by atoms with Gasteiger partial charge in [0.1, 0.15) is 22.3 Å². The van der Waals surface area contributed by atoms with Crippen LogP contribution in [0.5, 0.6) is 0 Å². The van der Waals surface area contributed by atoms with Gasteiger partial charge in [0.25, 0.3) is 0 Å². The topological polar surface area (TPSA) is 35.6 Å². The summed E-state index contributed by atoms with van der Waals surface area (Å²) < 4.78 is 18.3. The third-order valence-corrected chi connectivity index (χ3v) is 13.5. The van der Waals surface area contributed by atoms with E-state index >= 15 is 0 Å². The molecule has 0 aliphatic carbocycles. The molecule has 272 valence electrons. The predicted molar refractivity (Wildman–Crippen MR) is 244 cm³/mol. The quantitative estimate of drug-likeness (QED) is 0.176. The Morgan fingerprint density at radius 2 is 0.915 bits per heavy atom. The third-order valence-electron chi connectivity index (χ3n) is 13.5. The Labute approximate surface area is 335 Å². The fraction of sp³-hybridized carbons (Fsp3) is 0.0182. The lowest BCUT2D eigenvalue weighted by Gasteiger charge is -2.22. The average molecular weight is 751 g/mol. The molecule has 6 heterocycles. The predicted octanol–water partition coefficient (Wildman–Crippen LogP) is 15.0. The monoisotopic (exact) mass is 750 g/mol. The summed E-state index contributed by atoms with van der Waals surface area (Å²) in [6.07, 6.45) is 0.850. The van der Waals surface area contributed by atoms with E-state index in [0.717, 1.165) is 61.4 Å². The first-order valence-corrected chi connectivity index (χ1v) is 20.4. The van der Waals surface area contributed by atoms with Crippen molar-refractivity contribution in [3.05, 3.63) is 181 Å². The van der Waals surface area contributed by atoms with Gasteiger partial charge in [0, 0.05) is 71.4 Å². The second kappa shape index (κ2) is 10.6. The van der Waals surface area contributed by atoms with Crippen molar-refractivity contribution in [2.45, 2.75) is 6.42 Å². The molecule has 0 saturated carbocycles. The molecule has 14 aromatic rings. The molecule has 0 amide bonds. The Hall–Kier alpha value is -7.82. The van der Waals surface area contributed by atoms with Gasteiger partial charge in [0.2, 0.25) is 0 Å². The summed E-state index contributed by atoms with van der Waals surface area (Å²) in [5.74, 6) is 0. The molecule has 0 spiro atoms. The van der Waals surface area contributed by atoms with Crippen molar-refractivity contribution in [1.82, 2.24) is 8.97 Å². The Morgan fingerprint density at radius 1 is 0.356 bits per heavy atom. The average Bonchev–Trinajstić information content (AvgIpc) is 4.10. The van der Waals surface area contributed by atoms with Gasteiger partial charge >= 0.3 is 0 Å². The molecule has 15 rings (SSSR count). The van der Waals surface area contributed by atoms with Crippen LogP contribution >= 0.6 is 0 Å². The lowest BCUT2D eigenvalue weighted by Crippen LogP contribution is -2.08. The minimum atomic E-state index is 0.850.